The molecule has 1 fully saturated rings. The SMILES string of the molecule is Cc1cccnc1OC1CCN(C(=O)COc2ccc(CO)cc2)C1. The molecule has 2 aromatic rings. The molecule has 1 aromatic heterocycles. The average molecular weight is 342 g/mol. The van der Waals surface area contributed by atoms with E-state index in [1.807, 2.05) is 19.1 Å². The van der Waals surface area contributed by atoms with Gasteiger partial charge in [-0.1, -0.05) is 18.2 Å². The van der Waals surface area contributed by atoms with Gasteiger partial charge in [0.25, 0.3) is 5.91 Å². The van der Waals surface area contributed by atoms with Gasteiger partial charge in [0.2, 0.25) is 5.88 Å². The lowest BCUT2D eigenvalue weighted by atomic mass is 10.2. The van der Waals surface area contributed by atoms with Gasteiger partial charge in [-0.3, -0.25) is 4.79 Å². The van der Waals surface area contributed by atoms with Crippen LogP contribution in [0.5, 0.6) is 11.6 Å². The van der Waals surface area contributed by atoms with Gasteiger partial charge < -0.3 is 19.5 Å². The second kappa shape index (κ2) is 7.98. The molecule has 25 heavy (non-hydrogen) atoms. The molecule has 0 saturated carbocycles. The van der Waals surface area contributed by atoms with Crippen LogP contribution in [0.3, 0.4) is 0 Å². The molecule has 6 nitrogen and oxygen atoms in total. The van der Waals surface area contributed by atoms with Gasteiger partial charge in [-0.25, -0.2) is 4.98 Å². The molecule has 1 aromatic carbocycles. The molecule has 0 bridgehead atoms. The molecule has 1 N–H and O–H groups in total. The Bertz CT molecular complexity index is 718. The Morgan fingerprint density at radius 3 is 2.84 bits per heavy atom. The number of ether oxygens (including phenoxy) is 2. The summed E-state index contributed by atoms with van der Waals surface area (Å²) in [7, 11) is 0. The summed E-state index contributed by atoms with van der Waals surface area (Å²) in [5.41, 5.74) is 1.80. The molecule has 6 heteroatoms. The maximum absolute atomic E-state index is 12.3. The van der Waals surface area contributed by atoms with Crippen LogP contribution in [-0.4, -0.2) is 46.7 Å². The topological polar surface area (TPSA) is 71.9 Å². The van der Waals surface area contributed by atoms with Crippen molar-refractivity contribution in [3.8, 4) is 11.6 Å². The molecule has 3 rings (SSSR count). The third kappa shape index (κ3) is 4.48. The molecule has 1 amide bonds. The number of aliphatic hydroxyl groups is 1. The van der Waals surface area contributed by atoms with Crippen molar-refractivity contribution in [2.75, 3.05) is 19.7 Å². The van der Waals surface area contributed by atoms with Gasteiger partial charge in [0, 0.05) is 24.7 Å². The summed E-state index contributed by atoms with van der Waals surface area (Å²) in [5, 5.41) is 9.02. The number of benzene rings is 1. The van der Waals surface area contributed by atoms with E-state index in [4.69, 9.17) is 14.6 Å². The van der Waals surface area contributed by atoms with Crippen molar-refractivity contribution in [2.45, 2.75) is 26.1 Å². The number of aryl methyl sites for hydroxylation is 1. The number of pyridine rings is 1. The minimum absolute atomic E-state index is 0.00614. The number of carbonyl (C=O) groups is 1. The highest BCUT2D eigenvalue weighted by atomic mass is 16.5. The second-order valence-electron chi connectivity index (χ2n) is 6.08. The third-order valence-electron chi connectivity index (χ3n) is 4.21. The monoisotopic (exact) mass is 342 g/mol. The number of aliphatic hydroxyl groups excluding tert-OH is 1. The Morgan fingerprint density at radius 2 is 2.12 bits per heavy atom. The predicted octanol–water partition coefficient (Wildman–Crippen LogP) is 1.94. The molecule has 2 heterocycles. The Hall–Kier alpha value is -2.60. The highest BCUT2D eigenvalue weighted by Crippen LogP contribution is 2.20. The van der Waals surface area contributed by atoms with Crippen LogP contribution in [0.25, 0.3) is 0 Å². The van der Waals surface area contributed by atoms with E-state index in [1.165, 1.54) is 0 Å². The summed E-state index contributed by atoms with van der Waals surface area (Å²) in [5.74, 6) is 1.18. The first kappa shape index (κ1) is 17.2. The van der Waals surface area contributed by atoms with Gasteiger partial charge in [0.05, 0.1) is 13.2 Å². The van der Waals surface area contributed by atoms with Crippen LogP contribution < -0.4 is 9.47 Å². The van der Waals surface area contributed by atoms with E-state index in [2.05, 4.69) is 4.98 Å². The first-order valence-electron chi connectivity index (χ1n) is 8.34. The molecular weight excluding hydrogens is 320 g/mol. The second-order valence-corrected chi connectivity index (χ2v) is 6.08. The summed E-state index contributed by atoms with van der Waals surface area (Å²) in [6, 6.07) is 10.9. The largest absolute Gasteiger partial charge is 0.484 e. The van der Waals surface area contributed by atoms with Gasteiger partial charge in [0.1, 0.15) is 11.9 Å². The van der Waals surface area contributed by atoms with Crippen molar-refractivity contribution < 1.29 is 19.4 Å². The number of aromatic nitrogens is 1. The molecule has 0 aliphatic carbocycles. The van der Waals surface area contributed by atoms with E-state index in [9.17, 15) is 4.79 Å². The lowest BCUT2D eigenvalue weighted by molar-refractivity contribution is -0.132. The molecule has 1 saturated heterocycles. The van der Waals surface area contributed by atoms with Crippen LogP contribution in [-0.2, 0) is 11.4 Å². The number of hydrogen-bond donors (Lipinski definition) is 1. The van der Waals surface area contributed by atoms with Crippen molar-refractivity contribution in [1.82, 2.24) is 9.88 Å². The highest BCUT2D eigenvalue weighted by molar-refractivity contribution is 5.78. The Kier molecular flexibility index (Phi) is 5.50. The smallest absolute Gasteiger partial charge is 0.260 e. The molecule has 0 spiro atoms. The predicted molar refractivity (Wildman–Crippen MR) is 92.4 cm³/mol. The summed E-state index contributed by atoms with van der Waals surface area (Å²) in [4.78, 5) is 18.3. The average Bonchev–Trinajstić information content (AvgIpc) is 3.11. The Labute approximate surface area is 147 Å². The zero-order valence-corrected chi connectivity index (χ0v) is 14.2. The number of carbonyl (C=O) groups excluding carboxylic acids is 1. The fourth-order valence-corrected chi connectivity index (χ4v) is 2.73. The Balaban J connectivity index is 1.48. The van der Waals surface area contributed by atoms with Gasteiger partial charge >= 0.3 is 0 Å². The first-order valence-corrected chi connectivity index (χ1v) is 8.34. The van der Waals surface area contributed by atoms with Crippen LogP contribution >= 0.6 is 0 Å². The number of hydrogen-bond acceptors (Lipinski definition) is 5. The summed E-state index contributed by atoms with van der Waals surface area (Å²) in [6.07, 6.45) is 2.45. The van der Waals surface area contributed by atoms with Crippen molar-refractivity contribution in [3.63, 3.8) is 0 Å². The fourth-order valence-electron chi connectivity index (χ4n) is 2.73. The van der Waals surface area contributed by atoms with Crippen LogP contribution in [0, 0.1) is 6.92 Å². The zero-order valence-electron chi connectivity index (χ0n) is 14.2. The van der Waals surface area contributed by atoms with E-state index in [1.54, 1.807) is 35.4 Å². The van der Waals surface area contributed by atoms with Gasteiger partial charge in [0.15, 0.2) is 6.61 Å². The standard InChI is InChI=1S/C19H22N2O4/c1-14-3-2-9-20-19(14)25-17-8-10-21(11-17)18(23)13-24-16-6-4-15(12-22)5-7-16/h2-7,9,17,22H,8,10-13H2,1H3. The lowest BCUT2D eigenvalue weighted by Crippen LogP contribution is -2.34. The number of nitrogens with zero attached hydrogens (tertiary/aromatic N) is 2. The zero-order chi connectivity index (χ0) is 17.6. The fraction of sp³-hybridized carbons (Fsp3) is 0.368. The van der Waals surface area contributed by atoms with E-state index in [-0.39, 0.29) is 25.2 Å². The Morgan fingerprint density at radius 1 is 1.32 bits per heavy atom. The quantitative estimate of drug-likeness (QED) is 0.869. The molecular formula is C19H22N2O4. The molecule has 1 atom stereocenters. The number of amides is 1. The van der Waals surface area contributed by atoms with Crippen molar-refractivity contribution in [2.24, 2.45) is 0 Å². The molecule has 1 aliphatic heterocycles. The van der Waals surface area contributed by atoms with E-state index < -0.39 is 0 Å². The minimum Gasteiger partial charge on any atom is -0.484 e. The van der Waals surface area contributed by atoms with Crippen LogP contribution in [0.4, 0.5) is 0 Å². The van der Waals surface area contributed by atoms with E-state index in [0.717, 1.165) is 17.5 Å². The summed E-state index contributed by atoms with van der Waals surface area (Å²) in [6.45, 7) is 3.14. The third-order valence-corrected chi connectivity index (χ3v) is 4.21. The normalized spacial score (nSPS) is 16.7. The van der Waals surface area contributed by atoms with Gasteiger partial charge in [-0.15, -0.1) is 0 Å². The lowest BCUT2D eigenvalue weighted by Gasteiger charge is -2.17. The molecule has 1 aliphatic rings. The van der Waals surface area contributed by atoms with Gasteiger partial charge in [-0.05, 0) is 30.7 Å². The van der Waals surface area contributed by atoms with E-state index in [0.29, 0.717) is 24.7 Å². The van der Waals surface area contributed by atoms with Gasteiger partial charge in [-0.2, -0.15) is 0 Å². The molecule has 1 unspecified atom stereocenters. The van der Waals surface area contributed by atoms with Crippen molar-refractivity contribution >= 4 is 5.91 Å². The number of likely N-dealkylation sites (tertiary alicyclic amines) is 1. The van der Waals surface area contributed by atoms with Crippen molar-refractivity contribution in [3.05, 3.63) is 53.7 Å². The van der Waals surface area contributed by atoms with E-state index >= 15 is 0 Å². The summed E-state index contributed by atoms with van der Waals surface area (Å²) < 4.78 is 11.4. The molecule has 0 radical (unpaired) electrons. The minimum atomic E-state index is -0.0601. The van der Waals surface area contributed by atoms with Crippen LogP contribution in [0.15, 0.2) is 42.6 Å². The van der Waals surface area contributed by atoms with Crippen molar-refractivity contribution in [1.29, 1.82) is 0 Å². The number of rotatable bonds is 6. The summed E-state index contributed by atoms with van der Waals surface area (Å²) >= 11 is 0. The maximum Gasteiger partial charge on any atom is 0.260 e. The maximum atomic E-state index is 12.3. The highest BCUT2D eigenvalue weighted by Gasteiger charge is 2.28. The first-order chi connectivity index (χ1) is 12.2. The molecule has 132 valence electrons. The van der Waals surface area contributed by atoms with Crippen LogP contribution in [0.2, 0.25) is 0 Å². The van der Waals surface area contributed by atoms with Crippen LogP contribution in [0.1, 0.15) is 17.5 Å².